The van der Waals surface area contributed by atoms with Crippen LogP contribution >= 0.6 is 0 Å². The van der Waals surface area contributed by atoms with E-state index in [0.29, 0.717) is 0 Å². The molecule has 104 valence electrons. The maximum absolute atomic E-state index is 12.3. The molecular weight excluding hydrogens is 236 g/mol. The van der Waals surface area contributed by atoms with Crippen molar-refractivity contribution in [1.29, 1.82) is 0 Å². The molecule has 0 aromatic heterocycles. The van der Waals surface area contributed by atoms with E-state index >= 15 is 0 Å². The summed E-state index contributed by atoms with van der Waals surface area (Å²) >= 11 is 0. The summed E-state index contributed by atoms with van der Waals surface area (Å²) in [7, 11) is 1.82. The first kappa shape index (κ1) is 14.1. The minimum absolute atomic E-state index is 0.0293. The third kappa shape index (κ3) is 2.66. The Labute approximate surface area is 115 Å². The van der Waals surface area contributed by atoms with Crippen molar-refractivity contribution in [2.24, 2.45) is 5.73 Å². The lowest BCUT2D eigenvalue weighted by Gasteiger charge is -2.26. The third-order valence-electron chi connectivity index (χ3n) is 3.96. The lowest BCUT2D eigenvalue weighted by Crippen LogP contribution is -2.44. The van der Waals surface area contributed by atoms with Crippen LogP contribution in [0.25, 0.3) is 0 Å². The zero-order chi connectivity index (χ0) is 14.4. The van der Waals surface area contributed by atoms with Gasteiger partial charge in [0.05, 0.1) is 5.54 Å². The average molecular weight is 260 g/mol. The molecule has 0 aliphatic heterocycles. The number of likely N-dealkylation sites (N-methyl/N-ethyl adjacent to an activating group) is 1. The highest BCUT2D eigenvalue weighted by molar-refractivity contribution is 6.02. The summed E-state index contributed by atoms with van der Waals surface area (Å²) in [6.45, 7) is 8.55. The number of hydrogen-bond acceptors (Lipinski definition) is 2. The molecule has 0 saturated heterocycles. The van der Waals surface area contributed by atoms with E-state index in [1.165, 1.54) is 5.56 Å². The first-order valence-corrected chi connectivity index (χ1v) is 6.83. The molecule has 0 unspecified atom stereocenters. The second-order valence-electron chi connectivity index (χ2n) is 6.77. The van der Waals surface area contributed by atoms with Crippen LogP contribution in [-0.2, 0) is 10.2 Å². The molecule has 3 nitrogen and oxygen atoms in total. The van der Waals surface area contributed by atoms with E-state index in [1.807, 2.05) is 14.0 Å². The van der Waals surface area contributed by atoms with Crippen LogP contribution in [0.2, 0.25) is 0 Å². The molecule has 1 amide bonds. The van der Waals surface area contributed by atoms with Crippen molar-refractivity contribution in [1.82, 2.24) is 0 Å². The number of nitrogens with two attached hydrogens (primary N) is 1. The first-order chi connectivity index (χ1) is 8.65. The van der Waals surface area contributed by atoms with Crippen molar-refractivity contribution in [2.75, 3.05) is 11.9 Å². The summed E-state index contributed by atoms with van der Waals surface area (Å²) in [4.78, 5) is 14.1. The molecule has 0 spiro atoms. The SMILES string of the molecule is Cc1ccc(C(C)(C)C)cc1N(C)C(=O)C1(N)CC1. The van der Waals surface area contributed by atoms with Gasteiger partial charge in [-0.3, -0.25) is 4.79 Å². The van der Waals surface area contributed by atoms with Crippen LogP contribution < -0.4 is 10.6 Å². The quantitative estimate of drug-likeness (QED) is 0.888. The molecule has 1 saturated carbocycles. The molecule has 1 aliphatic rings. The van der Waals surface area contributed by atoms with Crippen LogP contribution in [-0.4, -0.2) is 18.5 Å². The molecule has 2 rings (SSSR count). The third-order valence-corrected chi connectivity index (χ3v) is 3.96. The summed E-state index contributed by atoms with van der Waals surface area (Å²) in [6, 6.07) is 6.32. The van der Waals surface area contributed by atoms with Crippen molar-refractivity contribution in [3.8, 4) is 0 Å². The molecule has 1 aromatic carbocycles. The second-order valence-corrected chi connectivity index (χ2v) is 6.77. The van der Waals surface area contributed by atoms with Crippen LogP contribution in [0.1, 0.15) is 44.7 Å². The van der Waals surface area contributed by atoms with E-state index < -0.39 is 5.54 Å². The van der Waals surface area contributed by atoms with Crippen molar-refractivity contribution in [3.05, 3.63) is 29.3 Å². The fourth-order valence-electron chi connectivity index (χ4n) is 2.23. The molecule has 0 atom stereocenters. The molecule has 3 heteroatoms. The predicted molar refractivity (Wildman–Crippen MR) is 79.4 cm³/mol. The Hall–Kier alpha value is -1.35. The molecule has 1 aliphatic carbocycles. The second kappa shape index (κ2) is 4.34. The molecule has 1 fully saturated rings. The number of benzene rings is 1. The number of amides is 1. The van der Waals surface area contributed by atoms with E-state index in [0.717, 1.165) is 24.1 Å². The average Bonchev–Trinajstić information content (AvgIpc) is 3.06. The Balaban J connectivity index is 2.36. The van der Waals surface area contributed by atoms with E-state index in [-0.39, 0.29) is 11.3 Å². The Morgan fingerprint density at radius 3 is 2.37 bits per heavy atom. The van der Waals surface area contributed by atoms with Gasteiger partial charge in [-0.15, -0.1) is 0 Å². The number of carbonyl (C=O) groups excluding carboxylic acids is 1. The monoisotopic (exact) mass is 260 g/mol. The molecule has 0 radical (unpaired) electrons. The van der Waals surface area contributed by atoms with Gasteiger partial charge in [-0.2, -0.15) is 0 Å². The van der Waals surface area contributed by atoms with Gasteiger partial charge >= 0.3 is 0 Å². The minimum atomic E-state index is -0.612. The molecule has 2 N–H and O–H groups in total. The van der Waals surface area contributed by atoms with Gasteiger partial charge in [0.25, 0.3) is 0 Å². The van der Waals surface area contributed by atoms with Gasteiger partial charge in [0.15, 0.2) is 0 Å². The number of hydrogen-bond donors (Lipinski definition) is 1. The van der Waals surface area contributed by atoms with Crippen molar-refractivity contribution in [2.45, 2.75) is 51.5 Å². The highest BCUT2D eigenvalue weighted by atomic mass is 16.2. The zero-order valence-electron chi connectivity index (χ0n) is 12.6. The molecular formula is C16H24N2O. The molecule has 19 heavy (non-hydrogen) atoms. The molecule has 1 aromatic rings. The Morgan fingerprint density at radius 1 is 1.32 bits per heavy atom. The highest BCUT2D eigenvalue weighted by Gasteiger charge is 2.47. The van der Waals surface area contributed by atoms with Crippen LogP contribution in [0.3, 0.4) is 0 Å². The van der Waals surface area contributed by atoms with Crippen molar-refractivity contribution < 1.29 is 4.79 Å². The van der Waals surface area contributed by atoms with Crippen LogP contribution in [0.4, 0.5) is 5.69 Å². The topological polar surface area (TPSA) is 46.3 Å². The van der Waals surface area contributed by atoms with Crippen molar-refractivity contribution in [3.63, 3.8) is 0 Å². The lowest BCUT2D eigenvalue weighted by atomic mass is 9.86. The van der Waals surface area contributed by atoms with Crippen LogP contribution in [0, 0.1) is 6.92 Å². The zero-order valence-corrected chi connectivity index (χ0v) is 12.6. The van der Waals surface area contributed by atoms with Crippen LogP contribution in [0.5, 0.6) is 0 Å². The fraction of sp³-hybridized carbons (Fsp3) is 0.562. The van der Waals surface area contributed by atoms with Gasteiger partial charge < -0.3 is 10.6 Å². The van der Waals surface area contributed by atoms with Gasteiger partial charge in [-0.05, 0) is 42.4 Å². The number of carbonyl (C=O) groups is 1. The lowest BCUT2D eigenvalue weighted by molar-refractivity contribution is -0.120. The Kier molecular flexibility index (Phi) is 3.21. The van der Waals surface area contributed by atoms with Gasteiger partial charge in [0.2, 0.25) is 5.91 Å². The van der Waals surface area contributed by atoms with E-state index in [2.05, 4.69) is 39.0 Å². The normalized spacial score (nSPS) is 17.2. The smallest absolute Gasteiger partial charge is 0.246 e. The minimum Gasteiger partial charge on any atom is -0.317 e. The van der Waals surface area contributed by atoms with Gasteiger partial charge in [0.1, 0.15) is 0 Å². The van der Waals surface area contributed by atoms with Crippen LogP contribution in [0.15, 0.2) is 18.2 Å². The predicted octanol–water partition coefficient (Wildman–Crippen LogP) is 2.75. The summed E-state index contributed by atoms with van der Waals surface area (Å²) in [6.07, 6.45) is 1.60. The number of anilines is 1. The maximum Gasteiger partial charge on any atom is 0.246 e. The number of rotatable bonds is 2. The highest BCUT2D eigenvalue weighted by Crippen LogP contribution is 2.36. The summed E-state index contributed by atoms with van der Waals surface area (Å²) < 4.78 is 0. The maximum atomic E-state index is 12.3. The Morgan fingerprint density at radius 2 is 1.89 bits per heavy atom. The summed E-state index contributed by atoms with van der Waals surface area (Å²) in [5.41, 5.74) is 8.78. The van der Waals surface area contributed by atoms with E-state index in [1.54, 1.807) is 4.90 Å². The largest absolute Gasteiger partial charge is 0.317 e. The Bertz CT molecular complexity index is 510. The standard InChI is InChI=1S/C16H24N2O/c1-11-6-7-12(15(2,3)4)10-13(11)18(5)14(19)16(17)8-9-16/h6-7,10H,8-9,17H2,1-5H3. The van der Waals surface area contributed by atoms with Gasteiger partial charge in [-0.25, -0.2) is 0 Å². The van der Waals surface area contributed by atoms with E-state index in [9.17, 15) is 4.79 Å². The number of nitrogens with zero attached hydrogens (tertiary/aromatic N) is 1. The fourth-order valence-corrected chi connectivity index (χ4v) is 2.23. The summed E-state index contributed by atoms with van der Waals surface area (Å²) in [5.74, 6) is 0.0293. The van der Waals surface area contributed by atoms with Crippen molar-refractivity contribution >= 4 is 11.6 Å². The number of aryl methyl sites for hydroxylation is 1. The van der Waals surface area contributed by atoms with E-state index in [4.69, 9.17) is 5.73 Å². The van der Waals surface area contributed by atoms with Gasteiger partial charge in [0, 0.05) is 12.7 Å². The van der Waals surface area contributed by atoms with Gasteiger partial charge in [-0.1, -0.05) is 32.9 Å². The molecule has 0 bridgehead atoms. The first-order valence-electron chi connectivity index (χ1n) is 6.83. The summed E-state index contributed by atoms with van der Waals surface area (Å²) in [5, 5.41) is 0. The molecule has 0 heterocycles.